The van der Waals surface area contributed by atoms with Crippen LogP contribution in [0.4, 0.5) is 0 Å². The van der Waals surface area contributed by atoms with Gasteiger partial charge in [0.1, 0.15) is 0 Å². The number of ether oxygens (including phenoxy) is 1. The Hall–Kier alpha value is -1.59. The van der Waals surface area contributed by atoms with E-state index in [1.54, 1.807) is 4.57 Å². The largest absolute Gasteiger partial charge is 0.374 e. The number of hydrogen-bond donors (Lipinski definition) is 0. The van der Waals surface area contributed by atoms with Crippen LogP contribution in [0.15, 0.2) is 29.1 Å². The van der Waals surface area contributed by atoms with Crippen LogP contribution in [-0.4, -0.2) is 46.9 Å². The van der Waals surface area contributed by atoms with Gasteiger partial charge in [0.15, 0.2) is 0 Å². The van der Waals surface area contributed by atoms with Crippen LogP contribution >= 0.6 is 0 Å². The molecule has 1 aromatic heterocycles. The van der Waals surface area contributed by atoms with Crippen molar-refractivity contribution in [1.82, 2.24) is 14.0 Å². The third-order valence-corrected chi connectivity index (χ3v) is 3.78. The number of rotatable bonds is 2. The summed E-state index contributed by atoms with van der Waals surface area (Å²) in [5, 5.41) is 0. The fraction of sp³-hybridized carbons (Fsp3) is 0.500. The molecule has 0 saturated carbocycles. The van der Waals surface area contributed by atoms with E-state index >= 15 is 0 Å². The Bertz CT molecular complexity index is 644. The Labute approximate surface area is 112 Å². The summed E-state index contributed by atoms with van der Waals surface area (Å²) < 4.78 is 9.27. The van der Waals surface area contributed by atoms with Gasteiger partial charge in [0, 0.05) is 20.1 Å². The Kier molecular flexibility index (Phi) is 3.16. The van der Waals surface area contributed by atoms with Gasteiger partial charge in [-0.2, -0.15) is 0 Å². The SMILES string of the molecule is CN1CCOC(Cn2c(=O)n(C)c3ccccc32)C1. The molecule has 0 radical (unpaired) electrons. The van der Waals surface area contributed by atoms with Gasteiger partial charge >= 0.3 is 5.69 Å². The molecule has 2 aromatic rings. The highest BCUT2D eigenvalue weighted by atomic mass is 16.5. The molecule has 102 valence electrons. The summed E-state index contributed by atoms with van der Waals surface area (Å²) in [5.41, 5.74) is 1.97. The first-order valence-corrected chi connectivity index (χ1v) is 6.61. The molecule has 0 N–H and O–H groups in total. The monoisotopic (exact) mass is 261 g/mol. The first kappa shape index (κ1) is 12.4. The van der Waals surface area contributed by atoms with E-state index in [0.717, 1.165) is 30.7 Å². The van der Waals surface area contributed by atoms with E-state index in [0.29, 0.717) is 6.54 Å². The van der Waals surface area contributed by atoms with Gasteiger partial charge in [0.05, 0.1) is 30.3 Å². The van der Waals surface area contributed by atoms with E-state index in [2.05, 4.69) is 11.9 Å². The molecule has 5 nitrogen and oxygen atoms in total. The molecule has 1 fully saturated rings. The summed E-state index contributed by atoms with van der Waals surface area (Å²) in [6.07, 6.45) is 0.0854. The lowest BCUT2D eigenvalue weighted by Crippen LogP contribution is -2.43. The van der Waals surface area contributed by atoms with E-state index in [1.165, 1.54) is 0 Å². The molecule has 5 heteroatoms. The average Bonchev–Trinajstić information content (AvgIpc) is 2.65. The Balaban J connectivity index is 1.96. The second-order valence-corrected chi connectivity index (χ2v) is 5.20. The molecule has 0 spiro atoms. The first-order valence-electron chi connectivity index (χ1n) is 6.61. The maximum atomic E-state index is 12.3. The van der Waals surface area contributed by atoms with Gasteiger partial charge in [-0.05, 0) is 19.2 Å². The predicted octanol–water partition coefficient (Wildman–Crippen LogP) is 0.671. The van der Waals surface area contributed by atoms with Crippen LogP contribution in [-0.2, 0) is 18.3 Å². The van der Waals surface area contributed by atoms with Gasteiger partial charge < -0.3 is 9.64 Å². The number of likely N-dealkylation sites (N-methyl/N-ethyl adjacent to an activating group) is 1. The van der Waals surface area contributed by atoms with Crippen molar-refractivity contribution >= 4 is 11.0 Å². The van der Waals surface area contributed by atoms with Gasteiger partial charge in [-0.25, -0.2) is 4.79 Å². The predicted molar refractivity (Wildman–Crippen MR) is 74.4 cm³/mol. The van der Waals surface area contributed by atoms with Crippen molar-refractivity contribution in [2.24, 2.45) is 7.05 Å². The second kappa shape index (κ2) is 4.83. The highest BCUT2D eigenvalue weighted by Gasteiger charge is 2.20. The lowest BCUT2D eigenvalue weighted by Gasteiger charge is -2.30. The van der Waals surface area contributed by atoms with Crippen molar-refractivity contribution in [2.75, 3.05) is 26.7 Å². The minimum atomic E-state index is 0.0260. The quantitative estimate of drug-likeness (QED) is 0.797. The van der Waals surface area contributed by atoms with Crippen molar-refractivity contribution in [3.63, 3.8) is 0 Å². The van der Waals surface area contributed by atoms with Crippen molar-refractivity contribution in [3.05, 3.63) is 34.7 Å². The third kappa shape index (κ3) is 2.19. The smallest absolute Gasteiger partial charge is 0.328 e. The lowest BCUT2D eigenvalue weighted by molar-refractivity contribution is -0.0274. The lowest BCUT2D eigenvalue weighted by atomic mass is 10.2. The number of fused-ring (bicyclic) bond motifs is 1. The molecule has 1 aromatic carbocycles. The van der Waals surface area contributed by atoms with Gasteiger partial charge in [0.25, 0.3) is 0 Å². The fourth-order valence-corrected chi connectivity index (χ4v) is 2.72. The summed E-state index contributed by atoms with van der Waals surface area (Å²) in [7, 11) is 3.90. The maximum absolute atomic E-state index is 12.3. The molecule has 1 saturated heterocycles. The molecule has 1 unspecified atom stereocenters. The topological polar surface area (TPSA) is 39.4 Å². The molecule has 19 heavy (non-hydrogen) atoms. The van der Waals surface area contributed by atoms with E-state index in [-0.39, 0.29) is 11.8 Å². The molecule has 1 aliphatic rings. The van der Waals surface area contributed by atoms with Gasteiger partial charge in [0.2, 0.25) is 0 Å². The zero-order chi connectivity index (χ0) is 13.4. The van der Waals surface area contributed by atoms with Crippen LogP contribution in [0.3, 0.4) is 0 Å². The summed E-state index contributed by atoms with van der Waals surface area (Å²) >= 11 is 0. The Morgan fingerprint density at radius 2 is 2.00 bits per heavy atom. The molecule has 0 aliphatic carbocycles. The molecule has 2 heterocycles. The number of aryl methyl sites for hydroxylation is 1. The minimum Gasteiger partial charge on any atom is -0.374 e. The number of nitrogens with zero attached hydrogens (tertiary/aromatic N) is 3. The van der Waals surface area contributed by atoms with Crippen LogP contribution in [0, 0.1) is 0 Å². The normalized spacial score (nSPS) is 21.1. The zero-order valence-corrected chi connectivity index (χ0v) is 11.4. The van der Waals surface area contributed by atoms with Crippen molar-refractivity contribution in [1.29, 1.82) is 0 Å². The van der Waals surface area contributed by atoms with Crippen LogP contribution in [0.25, 0.3) is 11.0 Å². The molecule has 1 atom stereocenters. The Morgan fingerprint density at radius 1 is 1.26 bits per heavy atom. The number of hydrogen-bond acceptors (Lipinski definition) is 3. The minimum absolute atomic E-state index is 0.0260. The van der Waals surface area contributed by atoms with Crippen molar-refractivity contribution < 1.29 is 4.74 Å². The van der Waals surface area contributed by atoms with Crippen molar-refractivity contribution in [3.8, 4) is 0 Å². The number of benzene rings is 1. The van der Waals surface area contributed by atoms with Crippen LogP contribution < -0.4 is 5.69 Å². The van der Waals surface area contributed by atoms with Crippen LogP contribution in [0.1, 0.15) is 0 Å². The maximum Gasteiger partial charge on any atom is 0.328 e. The highest BCUT2D eigenvalue weighted by molar-refractivity contribution is 5.75. The van der Waals surface area contributed by atoms with E-state index < -0.39 is 0 Å². The van der Waals surface area contributed by atoms with Crippen molar-refractivity contribution in [2.45, 2.75) is 12.6 Å². The summed E-state index contributed by atoms with van der Waals surface area (Å²) in [6.45, 7) is 3.18. The summed E-state index contributed by atoms with van der Waals surface area (Å²) in [5.74, 6) is 0. The summed E-state index contributed by atoms with van der Waals surface area (Å²) in [6, 6.07) is 7.88. The molecular formula is C14H19N3O2. The number of morpholine rings is 1. The molecule has 1 aliphatic heterocycles. The standard InChI is InChI=1S/C14H19N3O2/c1-15-7-8-19-11(9-15)10-17-13-6-4-3-5-12(13)16(2)14(17)18/h3-6,11H,7-10H2,1-2H3. The second-order valence-electron chi connectivity index (χ2n) is 5.20. The first-order chi connectivity index (χ1) is 9.16. The van der Waals surface area contributed by atoms with Gasteiger partial charge in [-0.1, -0.05) is 12.1 Å². The molecular weight excluding hydrogens is 242 g/mol. The number of aromatic nitrogens is 2. The fourth-order valence-electron chi connectivity index (χ4n) is 2.72. The van der Waals surface area contributed by atoms with Gasteiger partial charge in [-0.3, -0.25) is 9.13 Å². The van der Waals surface area contributed by atoms with Gasteiger partial charge in [-0.15, -0.1) is 0 Å². The van der Waals surface area contributed by atoms with E-state index in [4.69, 9.17) is 4.74 Å². The van der Waals surface area contributed by atoms with Crippen LogP contribution in [0.5, 0.6) is 0 Å². The Morgan fingerprint density at radius 3 is 2.74 bits per heavy atom. The zero-order valence-electron chi connectivity index (χ0n) is 11.4. The van der Waals surface area contributed by atoms with E-state index in [1.807, 2.05) is 35.9 Å². The molecule has 3 rings (SSSR count). The highest BCUT2D eigenvalue weighted by Crippen LogP contribution is 2.13. The van der Waals surface area contributed by atoms with Crippen LogP contribution in [0.2, 0.25) is 0 Å². The average molecular weight is 261 g/mol. The number of imidazole rings is 1. The van der Waals surface area contributed by atoms with E-state index in [9.17, 15) is 4.79 Å². The number of para-hydroxylation sites is 2. The third-order valence-electron chi connectivity index (χ3n) is 3.78. The molecule has 0 bridgehead atoms. The summed E-state index contributed by atoms with van der Waals surface area (Å²) in [4.78, 5) is 14.5. The molecule has 0 amide bonds.